The Morgan fingerprint density at radius 1 is 1.19 bits per heavy atom. The molecule has 0 fully saturated rings. The summed E-state index contributed by atoms with van der Waals surface area (Å²) >= 11 is 0. The van der Waals surface area contributed by atoms with E-state index >= 15 is 0 Å². The van der Waals surface area contributed by atoms with Gasteiger partial charge in [-0.15, -0.1) is 0 Å². The largest absolute Gasteiger partial charge is 0.477 e. The van der Waals surface area contributed by atoms with E-state index < -0.39 is 5.97 Å². The molecule has 21 heavy (non-hydrogen) atoms. The lowest BCUT2D eigenvalue weighted by Crippen LogP contribution is -2.32. The quantitative estimate of drug-likeness (QED) is 0.874. The van der Waals surface area contributed by atoms with E-state index in [9.17, 15) is 4.79 Å². The van der Waals surface area contributed by atoms with Crippen LogP contribution in [0, 0.1) is 6.92 Å². The first-order valence-electron chi connectivity index (χ1n) is 6.71. The van der Waals surface area contributed by atoms with Gasteiger partial charge in [-0.2, -0.15) is 4.58 Å². The van der Waals surface area contributed by atoms with Crippen LogP contribution in [-0.2, 0) is 4.79 Å². The highest BCUT2D eigenvalue weighted by Crippen LogP contribution is 2.25. The van der Waals surface area contributed by atoms with Crippen LogP contribution in [0.4, 0.5) is 0 Å². The molecule has 2 heterocycles. The molecular weight excluding hydrogens is 264 g/mol. The van der Waals surface area contributed by atoms with Gasteiger partial charge >= 0.3 is 5.97 Å². The molecule has 0 saturated carbocycles. The summed E-state index contributed by atoms with van der Waals surface area (Å²) in [6.45, 7) is 1.88. The first kappa shape index (κ1) is 13.2. The smallest absolute Gasteiger partial charge is 0.370 e. The Hall–Kier alpha value is -2.75. The molecule has 0 bridgehead atoms. The number of carboxylic acids is 1. The summed E-state index contributed by atoms with van der Waals surface area (Å²) in [4.78, 5) is 15.3. The van der Waals surface area contributed by atoms with E-state index in [0.717, 1.165) is 28.2 Å². The lowest BCUT2D eigenvalue weighted by atomic mass is 9.99. The van der Waals surface area contributed by atoms with Crippen LogP contribution in [0.5, 0.6) is 0 Å². The van der Waals surface area contributed by atoms with Crippen LogP contribution in [0.3, 0.4) is 0 Å². The second-order valence-electron chi connectivity index (χ2n) is 4.95. The summed E-state index contributed by atoms with van der Waals surface area (Å²) in [6, 6.07) is 13.7. The van der Waals surface area contributed by atoms with Gasteiger partial charge in [0, 0.05) is 23.0 Å². The van der Waals surface area contributed by atoms with Gasteiger partial charge in [-0.05, 0) is 31.2 Å². The van der Waals surface area contributed by atoms with Crippen molar-refractivity contribution in [2.75, 3.05) is 6.54 Å². The Bertz CT molecular complexity index is 761. The summed E-state index contributed by atoms with van der Waals surface area (Å²) in [5.41, 5.74) is 4.78. The molecule has 1 N–H and O–H groups in total. The highest BCUT2D eigenvalue weighted by molar-refractivity contribution is 6.13. The van der Waals surface area contributed by atoms with Crippen LogP contribution in [0.25, 0.3) is 5.70 Å². The van der Waals surface area contributed by atoms with Gasteiger partial charge in [0.1, 0.15) is 0 Å². The molecule has 0 saturated heterocycles. The number of carboxylic acid groups (broad SMARTS) is 1. The van der Waals surface area contributed by atoms with Gasteiger partial charge in [0.2, 0.25) is 18.0 Å². The number of benzene rings is 1. The lowest BCUT2D eigenvalue weighted by Gasteiger charge is -2.16. The third-order valence-corrected chi connectivity index (χ3v) is 3.41. The molecule has 104 valence electrons. The Morgan fingerprint density at radius 3 is 2.62 bits per heavy atom. The van der Waals surface area contributed by atoms with Gasteiger partial charge in [0.05, 0.1) is 6.08 Å². The Labute approximate surface area is 122 Å². The van der Waals surface area contributed by atoms with Gasteiger partial charge in [0.25, 0.3) is 0 Å². The molecule has 4 heteroatoms. The Balaban J connectivity index is 2.00. The van der Waals surface area contributed by atoms with Crippen LogP contribution < -0.4 is 0 Å². The van der Waals surface area contributed by atoms with E-state index in [-0.39, 0.29) is 6.54 Å². The van der Waals surface area contributed by atoms with Gasteiger partial charge in [-0.3, -0.25) is 4.98 Å². The van der Waals surface area contributed by atoms with Gasteiger partial charge in [-0.25, -0.2) is 4.79 Å². The van der Waals surface area contributed by atoms with E-state index in [1.54, 1.807) is 6.20 Å². The SMILES string of the molecule is Cc1cc(C2=[N+](CC(=O)O)C(c3ccccc3)=C2)ccn1. The van der Waals surface area contributed by atoms with E-state index in [1.165, 1.54) is 0 Å². The standard InChI is InChI=1S/C17H14N2O2/c1-12-9-14(7-8-18-12)16-10-15(19(16)11-17(20)21)13-5-3-2-4-6-13/h2-10H,11H2,1H3/p+1. The normalized spacial score (nSPS) is 13.7. The average molecular weight is 279 g/mol. The van der Waals surface area contributed by atoms with Crippen LogP contribution in [-0.4, -0.2) is 32.9 Å². The van der Waals surface area contributed by atoms with Crippen molar-refractivity contribution in [1.82, 2.24) is 4.98 Å². The zero-order chi connectivity index (χ0) is 14.8. The van der Waals surface area contributed by atoms with Crippen LogP contribution >= 0.6 is 0 Å². The third-order valence-electron chi connectivity index (χ3n) is 3.41. The molecule has 4 nitrogen and oxygen atoms in total. The number of allylic oxidation sites excluding steroid dienone is 1. The summed E-state index contributed by atoms with van der Waals surface area (Å²) < 4.78 is 1.83. The molecule has 1 aromatic heterocycles. The predicted octanol–water partition coefficient (Wildman–Crippen LogP) is 2.33. The molecule has 1 aromatic carbocycles. The van der Waals surface area contributed by atoms with Crippen LogP contribution in [0.15, 0.2) is 54.7 Å². The van der Waals surface area contributed by atoms with Crippen molar-refractivity contribution in [3.63, 3.8) is 0 Å². The summed E-state index contributed by atoms with van der Waals surface area (Å²) in [7, 11) is 0. The number of carbonyl (C=O) groups is 1. The summed E-state index contributed by atoms with van der Waals surface area (Å²) in [5.74, 6) is -0.847. The van der Waals surface area contributed by atoms with Crippen molar-refractivity contribution < 1.29 is 14.5 Å². The molecule has 0 radical (unpaired) electrons. The Kier molecular flexibility index (Phi) is 3.36. The van der Waals surface area contributed by atoms with Crippen LogP contribution in [0.2, 0.25) is 0 Å². The van der Waals surface area contributed by atoms with E-state index in [1.807, 2.05) is 60.0 Å². The third kappa shape index (κ3) is 2.60. The second kappa shape index (κ2) is 5.32. The van der Waals surface area contributed by atoms with Crippen LogP contribution in [0.1, 0.15) is 16.8 Å². The van der Waals surface area contributed by atoms with Crippen molar-refractivity contribution in [3.8, 4) is 0 Å². The summed E-state index contributed by atoms with van der Waals surface area (Å²) in [5, 5.41) is 9.14. The van der Waals surface area contributed by atoms with Crippen molar-refractivity contribution in [2.45, 2.75) is 6.92 Å². The number of hydrogen-bond donors (Lipinski definition) is 1. The first-order valence-corrected chi connectivity index (χ1v) is 6.71. The maximum Gasteiger partial charge on any atom is 0.370 e. The van der Waals surface area contributed by atoms with Crippen molar-refractivity contribution in [2.24, 2.45) is 0 Å². The first-order chi connectivity index (χ1) is 10.1. The average Bonchev–Trinajstić information content (AvgIpc) is 2.45. The fourth-order valence-electron chi connectivity index (χ4n) is 2.45. The van der Waals surface area contributed by atoms with Crippen molar-refractivity contribution in [1.29, 1.82) is 0 Å². The number of aryl methyl sites for hydroxylation is 1. The number of rotatable bonds is 4. The second-order valence-corrected chi connectivity index (χ2v) is 4.95. The van der Waals surface area contributed by atoms with Gasteiger partial charge in [-0.1, -0.05) is 18.2 Å². The molecule has 1 aliphatic rings. The number of hydrogen-bond acceptors (Lipinski definition) is 2. The Morgan fingerprint density at radius 2 is 1.95 bits per heavy atom. The zero-order valence-electron chi connectivity index (χ0n) is 11.7. The zero-order valence-corrected chi connectivity index (χ0v) is 11.7. The minimum Gasteiger partial charge on any atom is -0.477 e. The molecule has 0 unspecified atom stereocenters. The maximum atomic E-state index is 11.1. The highest BCUT2D eigenvalue weighted by Gasteiger charge is 2.33. The fourth-order valence-corrected chi connectivity index (χ4v) is 2.45. The van der Waals surface area contributed by atoms with E-state index in [4.69, 9.17) is 5.11 Å². The van der Waals surface area contributed by atoms with Crippen molar-refractivity contribution in [3.05, 3.63) is 71.6 Å². The van der Waals surface area contributed by atoms with Gasteiger partial charge < -0.3 is 5.11 Å². The number of pyridine rings is 1. The van der Waals surface area contributed by atoms with Gasteiger partial charge in [0.15, 0.2) is 0 Å². The monoisotopic (exact) mass is 279 g/mol. The minimum atomic E-state index is -0.847. The minimum absolute atomic E-state index is 0.0442. The maximum absolute atomic E-state index is 11.1. The summed E-state index contributed by atoms with van der Waals surface area (Å²) in [6.07, 6.45) is 3.76. The fraction of sp³-hybridized carbons (Fsp3) is 0.118. The highest BCUT2D eigenvalue weighted by atomic mass is 16.4. The molecule has 1 aliphatic heterocycles. The number of nitrogens with zero attached hydrogens (tertiary/aromatic N) is 2. The molecule has 0 aliphatic carbocycles. The van der Waals surface area contributed by atoms with E-state index in [2.05, 4.69) is 4.98 Å². The molecule has 2 aromatic rings. The predicted molar refractivity (Wildman–Crippen MR) is 80.3 cm³/mol. The lowest BCUT2D eigenvalue weighted by molar-refractivity contribution is -0.430. The molecular formula is C17H15N2O2+. The molecule has 0 amide bonds. The van der Waals surface area contributed by atoms with E-state index in [0.29, 0.717) is 0 Å². The number of aliphatic carboxylic acids is 1. The topological polar surface area (TPSA) is 53.2 Å². The molecule has 0 atom stereocenters. The van der Waals surface area contributed by atoms with Crippen molar-refractivity contribution >= 4 is 17.4 Å². The molecule has 0 spiro atoms. The molecule has 3 rings (SSSR count). The number of aromatic nitrogens is 1.